The fraction of sp³-hybridized carbons (Fsp3) is 0.857. The molecule has 0 spiro atoms. The molecule has 110 valence electrons. The molecule has 0 bridgehead atoms. The summed E-state index contributed by atoms with van der Waals surface area (Å²) >= 11 is 0. The molecule has 2 N–H and O–H groups in total. The summed E-state index contributed by atoms with van der Waals surface area (Å²) in [5, 5.41) is 0. The lowest BCUT2D eigenvalue weighted by Crippen LogP contribution is -2.43. The van der Waals surface area contributed by atoms with E-state index in [1.54, 1.807) is 11.8 Å². The summed E-state index contributed by atoms with van der Waals surface area (Å²) in [6.45, 7) is 8.32. The average molecular weight is 270 g/mol. The molecule has 1 aliphatic heterocycles. The van der Waals surface area contributed by atoms with Crippen LogP contribution in [0.2, 0.25) is 0 Å². The lowest BCUT2D eigenvalue weighted by atomic mass is 9.87. The van der Waals surface area contributed by atoms with Crippen LogP contribution in [-0.4, -0.2) is 41.0 Å². The molecular weight excluding hydrogens is 244 g/mol. The number of hydrogen-bond acceptors (Lipinski definition) is 4. The van der Waals surface area contributed by atoms with Gasteiger partial charge in [0.15, 0.2) is 0 Å². The highest BCUT2D eigenvalue weighted by Gasteiger charge is 2.32. The van der Waals surface area contributed by atoms with Crippen molar-refractivity contribution in [3.63, 3.8) is 0 Å². The normalized spacial score (nSPS) is 24.8. The topological polar surface area (TPSA) is 72.6 Å². The first-order valence-electron chi connectivity index (χ1n) is 6.88. The standard InChI is InChI=1S/C14H26N2O3/c1-11(17)10-14(15)6-5-8-16(9-7-14)12(18)19-13(2,3)4/h5-10,15H2,1-4H3. The van der Waals surface area contributed by atoms with Crippen LogP contribution in [-0.2, 0) is 9.53 Å². The smallest absolute Gasteiger partial charge is 0.410 e. The zero-order valence-electron chi connectivity index (χ0n) is 12.5. The second kappa shape index (κ2) is 5.90. The quantitative estimate of drug-likeness (QED) is 0.834. The Morgan fingerprint density at radius 1 is 1.26 bits per heavy atom. The van der Waals surface area contributed by atoms with Gasteiger partial charge in [0, 0.05) is 25.0 Å². The van der Waals surface area contributed by atoms with E-state index in [9.17, 15) is 9.59 Å². The first-order valence-corrected chi connectivity index (χ1v) is 6.88. The minimum atomic E-state index is -0.484. The summed E-state index contributed by atoms with van der Waals surface area (Å²) in [5.74, 6) is 0.105. The van der Waals surface area contributed by atoms with Crippen molar-refractivity contribution in [1.82, 2.24) is 4.90 Å². The van der Waals surface area contributed by atoms with Crippen molar-refractivity contribution in [3.05, 3.63) is 0 Å². The summed E-state index contributed by atoms with van der Waals surface area (Å²) in [4.78, 5) is 24.9. The molecule has 1 unspecified atom stereocenters. The average Bonchev–Trinajstić information content (AvgIpc) is 2.36. The van der Waals surface area contributed by atoms with Gasteiger partial charge in [-0.3, -0.25) is 4.79 Å². The summed E-state index contributed by atoms with van der Waals surface area (Å²) in [7, 11) is 0. The highest BCUT2D eigenvalue weighted by Crippen LogP contribution is 2.24. The third kappa shape index (κ3) is 5.59. The number of hydrogen-bond donors (Lipinski definition) is 1. The van der Waals surface area contributed by atoms with Crippen molar-refractivity contribution in [2.24, 2.45) is 5.73 Å². The van der Waals surface area contributed by atoms with Crippen molar-refractivity contribution in [2.45, 2.75) is 64.5 Å². The van der Waals surface area contributed by atoms with Gasteiger partial charge in [-0.1, -0.05) is 0 Å². The molecule has 5 nitrogen and oxygen atoms in total. The van der Waals surface area contributed by atoms with Crippen LogP contribution in [0.5, 0.6) is 0 Å². The number of ketones is 1. The predicted octanol–water partition coefficient (Wildman–Crippen LogP) is 2.08. The number of Topliss-reactive ketones (excluding diaryl/α,β-unsaturated/α-hetero) is 1. The van der Waals surface area contributed by atoms with E-state index in [1.807, 2.05) is 20.8 Å². The number of amides is 1. The van der Waals surface area contributed by atoms with Gasteiger partial charge >= 0.3 is 6.09 Å². The van der Waals surface area contributed by atoms with E-state index in [0.29, 0.717) is 25.9 Å². The Hall–Kier alpha value is -1.10. The molecule has 1 atom stereocenters. The molecule has 1 heterocycles. The molecular formula is C14H26N2O3. The first kappa shape index (κ1) is 16.0. The molecule has 1 rings (SSSR count). The van der Waals surface area contributed by atoms with Crippen molar-refractivity contribution < 1.29 is 14.3 Å². The molecule has 1 saturated heterocycles. The summed E-state index contributed by atoms with van der Waals surface area (Å²) in [6, 6.07) is 0. The second-order valence-corrected chi connectivity index (χ2v) is 6.56. The van der Waals surface area contributed by atoms with Gasteiger partial charge in [0.2, 0.25) is 0 Å². The largest absolute Gasteiger partial charge is 0.444 e. The summed E-state index contributed by atoms with van der Waals surface area (Å²) in [6.07, 6.45) is 2.31. The molecule has 0 aromatic carbocycles. The van der Waals surface area contributed by atoms with Crippen LogP contribution < -0.4 is 5.73 Å². The predicted molar refractivity (Wildman–Crippen MR) is 73.9 cm³/mol. The van der Waals surface area contributed by atoms with Crippen LogP contribution in [0.15, 0.2) is 0 Å². The number of nitrogens with zero attached hydrogens (tertiary/aromatic N) is 1. The molecule has 0 aromatic rings. The lowest BCUT2D eigenvalue weighted by molar-refractivity contribution is -0.118. The van der Waals surface area contributed by atoms with Crippen LogP contribution in [0.1, 0.15) is 53.4 Å². The zero-order valence-corrected chi connectivity index (χ0v) is 12.5. The maximum absolute atomic E-state index is 12.0. The summed E-state index contributed by atoms with van der Waals surface area (Å²) < 4.78 is 5.36. The van der Waals surface area contributed by atoms with Crippen LogP contribution in [0, 0.1) is 0 Å². The molecule has 5 heteroatoms. The van der Waals surface area contributed by atoms with E-state index in [2.05, 4.69) is 0 Å². The third-order valence-corrected chi connectivity index (χ3v) is 3.24. The SMILES string of the molecule is CC(=O)CC1(N)CCCN(C(=O)OC(C)(C)C)CC1. The van der Waals surface area contributed by atoms with E-state index in [1.165, 1.54) is 0 Å². The number of likely N-dealkylation sites (tertiary alicyclic amines) is 1. The van der Waals surface area contributed by atoms with Gasteiger partial charge in [0.05, 0.1) is 0 Å². The van der Waals surface area contributed by atoms with Gasteiger partial charge in [-0.15, -0.1) is 0 Å². The number of rotatable bonds is 2. The Balaban J connectivity index is 2.59. The zero-order chi connectivity index (χ0) is 14.7. The molecule has 1 aliphatic rings. The number of carbonyl (C=O) groups is 2. The van der Waals surface area contributed by atoms with Crippen molar-refractivity contribution in [2.75, 3.05) is 13.1 Å². The van der Waals surface area contributed by atoms with Gasteiger partial charge in [-0.05, 0) is 47.0 Å². The molecule has 0 saturated carbocycles. The van der Waals surface area contributed by atoms with E-state index >= 15 is 0 Å². The van der Waals surface area contributed by atoms with E-state index in [0.717, 1.165) is 12.8 Å². The number of ether oxygens (including phenoxy) is 1. The van der Waals surface area contributed by atoms with Gasteiger partial charge < -0.3 is 15.4 Å². The Morgan fingerprint density at radius 2 is 1.89 bits per heavy atom. The van der Waals surface area contributed by atoms with Gasteiger partial charge in [0.1, 0.15) is 11.4 Å². The van der Waals surface area contributed by atoms with Crippen LogP contribution >= 0.6 is 0 Å². The van der Waals surface area contributed by atoms with Crippen molar-refractivity contribution >= 4 is 11.9 Å². The van der Waals surface area contributed by atoms with Crippen LogP contribution in [0.4, 0.5) is 4.79 Å². The second-order valence-electron chi connectivity index (χ2n) is 6.56. The van der Waals surface area contributed by atoms with Crippen LogP contribution in [0.3, 0.4) is 0 Å². The highest BCUT2D eigenvalue weighted by molar-refractivity contribution is 5.76. The molecule has 1 fully saturated rings. The summed E-state index contributed by atoms with van der Waals surface area (Å²) in [5.41, 5.74) is 5.30. The Labute approximate surface area is 115 Å². The minimum absolute atomic E-state index is 0.105. The van der Waals surface area contributed by atoms with Crippen molar-refractivity contribution in [3.8, 4) is 0 Å². The molecule has 0 aliphatic carbocycles. The maximum Gasteiger partial charge on any atom is 0.410 e. The Kier molecular flexibility index (Phi) is 4.96. The number of nitrogens with two attached hydrogens (primary N) is 1. The Morgan fingerprint density at radius 3 is 2.42 bits per heavy atom. The van der Waals surface area contributed by atoms with Gasteiger partial charge in [-0.25, -0.2) is 4.79 Å². The van der Waals surface area contributed by atoms with Crippen LogP contribution in [0.25, 0.3) is 0 Å². The van der Waals surface area contributed by atoms with E-state index in [4.69, 9.17) is 10.5 Å². The van der Waals surface area contributed by atoms with E-state index < -0.39 is 11.1 Å². The van der Waals surface area contributed by atoms with Crippen molar-refractivity contribution in [1.29, 1.82) is 0 Å². The highest BCUT2D eigenvalue weighted by atomic mass is 16.6. The van der Waals surface area contributed by atoms with Gasteiger partial charge in [-0.2, -0.15) is 0 Å². The molecule has 19 heavy (non-hydrogen) atoms. The monoisotopic (exact) mass is 270 g/mol. The maximum atomic E-state index is 12.0. The fourth-order valence-corrected chi connectivity index (χ4v) is 2.40. The van der Waals surface area contributed by atoms with Gasteiger partial charge in [0.25, 0.3) is 0 Å². The molecule has 0 radical (unpaired) electrons. The minimum Gasteiger partial charge on any atom is -0.444 e. The number of carbonyl (C=O) groups excluding carboxylic acids is 2. The first-order chi connectivity index (χ1) is 8.61. The lowest BCUT2D eigenvalue weighted by Gasteiger charge is -2.28. The fourth-order valence-electron chi connectivity index (χ4n) is 2.40. The van der Waals surface area contributed by atoms with E-state index in [-0.39, 0.29) is 11.9 Å². The Bertz CT molecular complexity index is 349. The third-order valence-electron chi connectivity index (χ3n) is 3.24. The molecule has 1 amide bonds. The molecule has 0 aromatic heterocycles.